The number of esters is 1. The van der Waals surface area contributed by atoms with Gasteiger partial charge in [0.25, 0.3) is 0 Å². The Balaban J connectivity index is 2.46. The minimum atomic E-state index is -0.553. The minimum absolute atomic E-state index is 0.256. The van der Waals surface area contributed by atoms with Crippen LogP contribution in [0.5, 0.6) is 0 Å². The number of aryl methyl sites for hydroxylation is 1. The van der Waals surface area contributed by atoms with E-state index in [1.165, 1.54) is 6.07 Å². The Hall–Kier alpha value is -2.16. The van der Waals surface area contributed by atoms with E-state index in [-0.39, 0.29) is 11.8 Å². The molecule has 0 fully saturated rings. The molecule has 0 aliphatic carbocycles. The molecule has 0 spiro atoms. The third-order valence-electron chi connectivity index (χ3n) is 3.01. The zero-order chi connectivity index (χ0) is 15.6. The first-order valence-corrected chi connectivity index (χ1v) is 6.87. The molecular formula is C18H19FO2. The third kappa shape index (κ3) is 3.69. The Morgan fingerprint density at radius 3 is 2.38 bits per heavy atom. The number of carbonyl (C=O) groups is 1. The molecule has 0 bridgehead atoms. The minimum Gasteiger partial charge on any atom is -0.456 e. The van der Waals surface area contributed by atoms with Crippen LogP contribution in [0.4, 0.5) is 4.39 Å². The van der Waals surface area contributed by atoms with Gasteiger partial charge in [0, 0.05) is 0 Å². The number of ether oxygens (including phenoxy) is 1. The zero-order valence-corrected chi connectivity index (χ0v) is 12.7. The maximum Gasteiger partial charge on any atom is 0.339 e. The van der Waals surface area contributed by atoms with Gasteiger partial charge in [-0.1, -0.05) is 24.3 Å². The van der Waals surface area contributed by atoms with E-state index in [1.54, 1.807) is 31.2 Å². The smallest absolute Gasteiger partial charge is 0.339 e. The van der Waals surface area contributed by atoms with E-state index in [4.69, 9.17) is 4.74 Å². The van der Waals surface area contributed by atoms with Crippen LogP contribution < -0.4 is 0 Å². The van der Waals surface area contributed by atoms with Crippen LogP contribution in [0.15, 0.2) is 42.5 Å². The van der Waals surface area contributed by atoms with E-state index in [0.29, 0.717) is 11.1 Å². The molecule has 0 heterocycles. The van der Waals surface area contributed by atoms with E-state index < -0.39 is 5.60 Å². The van der Waals surface area contributed by atoms with Crippen LogP contribution in [0.1, 0.15) is 36.7 Å². The van der Waals surface area contributed by atoms with Crippen molar-refractivity contribution >= 4 is 5.97 Å². The van der Waals surface area contributed by atoms with Gasteiger partial charge in [-0.25, -0.2) is 9.18 Å². The first-order chi connectivity index (χ1) is 9.78. The lowest BCUT2D eigenvalue weighted by atomic mass is 9.98. The van der Waals surface area contributed by atoms with Crippen LogP contribution in [0.3, 0.4) is 0 Å². The highest BCUT2D eigenvalue weighted by Gasteiger charge is 2.20. The lowest BCUT2D eigenvalue weighted by Crippen LogP contribution is -2.24. The summed E-state index contributed by atoms with van der Waals surface area (Å²) < 4.78 is 18.8. The lowest BCUT2D eigenvalue weighted by Gasteiger charge is -2.20. The van der Waals surface area contributed by atoms with Gasteiger partial charge < -0.3 is 4.74 Å². The van der Waals surface area contributed by atoms with E-state index in [9.17, 15) is 9.18 Å². The second kappa shape index (κ2) is 5.68. The molecule has 110 valence electrons. The molecule has 3 heteroatoms. The highest BCUT2D eigenvalue weighted by Crippen LogP contribution is 2.27. The fourth-order valence-corrected chi connectivity index (χ4v) is 2.06. The summed E-state index contributed by atoms with van der Waals surface area (Å²) in [4.78, 5) is 12.3. The van der Waals surface area contributed by atoms with Crippen LogP contribution in [-0.2, 0) is 4.74 Å². The van der Waals surface area contributed by atoms with Crippen molar-refractivity contribution in [3.8, 4) is 11.1 Å². The molecule has 0 amide bonds. The van der Waals surface area contributed by atoms with Gasteiger partial charge >= 0.3 is 5.97 Å². The molecule has 0 N–H and O–H groups in total. The summed E-state index contributed by atoms with van der Waals surface area (Å²) >= 11 is 0. The number of hydrogen-bond donors (Lipinski definition) is 0. The van der Waals surface area contributed by atoms with Crippen LogP contribution in [-0.4, -0.2) is 11.6 Å². The summed E-state index contributed by atoms with van der Waals surface area (Å²) in [6.07, 6.45) is 0. The summed E-state index contributed by atoms with van der Waals surface area (Å²) in [6.45, 7) is 7.19. The number of rotatable bonds is 2. The number of halogens is 1. The molecule has 2 aromatic carbocycles. The Morgan fingerprint density at radius 1 is 1.10 bits per heavy atom. The zero-order valence-electron chi connectivity index (χ0n) is 12.7. The fraction of sp³-hybridized carbons (Fsp3) is 0.278. The van der Waals surface area contributed by atoms with Crippen molar-refractivity contribution < 1.29 is 13.9 Å². The maximum absolute atomic E-state index is 13.4. The molecule has 0 aliphatic rings. The monoisotopic (exact) mass is 286 g/mol. The van der Waals surface area contributed by atoms with E-state index in [0.717, 1.165) is 11.1 Å². The molecular weight excluding hydrogens is 267 g/mol. The standard InChI is InChI=1S/C18H19FO2/c1-12-11-13(9-10-16(12)19)14-7-5-6-8-15(14)17(20)21-18(2,3)4/h5-11H,1-4H3. The molecule has 2 rings (SSSR count). The molecule has 21 heavy (non-hydrogen) atoms. The van der Waals surface area contributed by atoms with Gasteiger partial charge in [-0.05, 0) is 62.6 Å². The van der Waals surface area contributed by atoms with Gasteiger partial charge in [0.2, 0.25) is 0 Å². The predicted molar refractivity (Wildman–Crippen MR) is 81.7 cm³/mol. The van der Waals surface area contributed by atoms with Crippen molar-refractivity contribution in [1.29, 1.82) is 0 Å². The Labute approximate surface area is 124 Å². The lowest BCUT2D eigenvalue weighted by molar-refractivity contribution is 0.00705. The van der Waals surface area contributed by atoms with Gasteiger partial charge in [-0.3, -0.25) is 0 Å². The first-order valence-electron chi connectivity index (χ1n) is 6.87. The Bertz CT molecular complexity index is 669. The first kappa shape index (κ1) is 15.2. The average molecular weight is 286 g/mol. The fourth-order valence-electron chi connectivity index (χ4n) is 2.06. The highest BCUT2D eigenvalue weighted by atomic mass is 19.1. The second-order valence-electron chi connectivity index (χ2n) is 6.01. The number of benzene rings is 2. The Morgan fingerprint density at radius 2 is 1.76 bits per heavy atom. The largest absolute Gasteiger partial charge is 0.456 e. The summed E-state index contributed by atoms with van der Waals surface area (Å²) in [5, 5.41) is 0. The van der Waals surface area contributed by atoms with Crippen LogP contribution in [0.2, 0.25) is 0 Å². The van der Waals surface area contributed by atoms with Gasteiger partial charge in [-0.2, -0.15) is 0 Å². The molecule has 2 aromatic rings. The van der Waals surface area contributed by atoms with Crippen molar-refractivity contribution in [3.63, 3.8) is 0 Å². The van der Waals surface area contributed by atoms with Crippen LogP contribution >= 0.6 is 0 Å². The van der Waals surface area contributed by atoms with Crippen molar-refractivity contribution in [1.82, 2.24) is 0 Å². The SMILES string of the molecule is Cc1cc(-c2ccccc2C(=O)OC(C)(C)C)ccc1F. The molecule has 2 nitrogen and oxygen atoms in total. The van der Waals surface area contributed by atoms with Gasteiger partial charge in [0.05, 0.1) is 5.56 Å². The molecule has 0 saturated carbocycles. The molecule has 0 atom stereocenters. The van der Waals surface area contributed by atoms with Crippen molar-refractivity contribution in [3.05, 3.63) is 59.4 Å². The summed E-state index contributed by atoms with van der Waals surface area (Å²) in [5.74, 6) is -0.631. The van der Waals surface area contributed by atoms with Gasteiger partial charge in [-0.15, -0.1) is 0 Å². The summed E-state index contributed by atoms with van der Waals surface area (Å²) in [5.41, 5.74) is 2.03. The van der Waals surface area contributed by atoms with E-state index >= 15 is 0 Å². The predicted octanol–water partition coefficient (Wildman–Crippen LogP) is 4.76. The molecule has 0 aromatic heterocycles. The quantitative estimate of drug-likeness (QED) is 0.744. The van der Waals surface area contributed by atoms with Gasteiger partial charge in [0.1, 0.15) is 11.4 Å². The van der Waals surface area contributed by atoms with E-state index in [2.05, 4.69) is 0 Å². The highest BCUT2D eigenvalue weighted by molar-refractivity contribution is 5.97. The van der Waals surface area contributed by atoms with Gasteiger partial charge in [0.15, 0.2) is 0 Å². The van der Waals surface area contributed by atoms with Crippen molar-refractivity contribution in [2.45, 2.75) is 33.3 Å². The Kier molecular flexibility index (Phi) is 4.12. The third-order valence-corrected chi connectivity index (χ3v) is 3.01. The summed E-state index contributed by atoms with van der Waals surface area (Å²) in [7, 11) is 0. The normalized spacial score (nSPS) is 11.3. The van der Waals surface area contributed by atoms with E-state index in [1.807, 2.05) is 32.9 Å². The summed E-state index contributed by atoms with van der Waals surface area (Å²) in [6, 6.07) is 12.0. The molecule has 0 saturated heterocycles. The van der Waals surface area contributed by atoms with Crippen LogP contribution in [0, 0.1) is 12.7 Å². The van der Waals surface area contributed by atoms with Crippen molar-refractivity contribution in [2.24, 2.45) is 0 Å². The second-order valence-corrected chi connectivity index (χ2v) is 6.01. The maximum atomic E-state index is 13.4. The number of carbonyl (C=O) groups excluding carboxylic acids is 1. The average Bonchev–Trinajstić information content (AvgIpc) is 2.40. The topological polar surface area (TPSA) is 26.3 Å². The van der Waals surface area contributed by atoms with Crippen molar-refractivity contribution in [2.75, 3.05) is 0 Å². The molecule has 0 unspecified atom stereocenters. The molecule has 0 radical (unpaired) electrons. The van der Waals surface area contributed by atoms with Crippen LogP contribution in [0.25, 0.3) is 11.1 Å². The number of hydrogen-bond acceptors (Lipinski definition) is 2. The molecule has 0 aliphatic heterocycles.